The Morgan fingerprint density at radius 2 is 2.06 bits per heavy atom. The Morgan fingerprint density at radius 3 is 2.75 bits per heavy atom. The van der Waals surface area contributed by atoms with Gasteiger partial charge in [-0.05, 0) is 32.4 Å². The van der Waals surface area contributed by atoms with Gasteiger partial charge < -0.3 is 14.5 Å². The van der Waals surface area contributed by atoms with E-state index in [4.69, 9.17) is 4.74 Å². The molecule has 2 rings (SSSR count). The van der Waals surface area contributed by atoms with Crippen molar-refractivity contribution in [2.45, 2.75) is 19.3 Å². The number of hydrogen-bond donors (Lipinski definition) is 0. The minimum atomic E-state index is 0.323. The van der Waals surface area contributed by atoms with Gasteiger partial charge in [-0.1, -0.05) is 0 Å². The van der Waals surface area contributed by atoms with E-state index in [9.17, 15) is 4.79 Å². The largest absolute Gasteiger partial charge is 0.378 e. The van der Waals surface area contributed by atoms with Crippen molar-refractivity contribution in [3.05, 3.63) is 0 Å². The van der Waals surface area contributed by atoms with Crippen LogP contribution < -0.4 is 0 Å². The minimum Gasteiger partial charge on any atom is -0.378 e. The topological polar surface area (TPSA) is 32.8 Å². The summed E-state index contributed by atoms with van der Waals surface area (Å²) in [4.78, 5) is 16.3. The Bertz CT molecular complexity index is 239. The number of rotatable bonds is 2. The number of nitrogens with zero attached hydrogens (tertiary/aromatic N) is 2. The molecule has 1 atom stereocenters. The van der Waals surface area contributed by atoms with Crippen molar-refractivity contribution in [1.82, 2.24) is 9.80 Å². The summed E-state index contributed by atoms with van der Waals surface area (Å²) in [5, 5.41) is 0. The van der Waals surface area contributed by atoms with Crippen molar-refractivity contribution in [2.75, 3.05) is 46.4 Å². The molecule has 4 nitrogen and oxygen atoms in total. The normalized spacial score (nSPS) is 28.1. The van der Waals surface area contributed by atoms with Crippen LogP contribution in [-0.4, -0.2) is 62.1 Å². The third-order valence-corrected chi connectivity index (χ3v) is 3.55. The third-order valence-electron chi connectivity index (χ3n) is 3.55. The number of carbonyl (C=O) groups excluding carboxylic acids is 1. The highest BCUT2D eigenvalue weighted by atomic mass is 16.5. The van der Waals surface area contributed by atoms with Crippen molar-refractivity contribution in [2.24, 2.45) is 5.92 Å². The Hall–Kier alpha value is -0.610. The number of hydrogen-bond acceptors (Lipinski definition) is 3. The standard InChI is InChI=1S/C12H22N2O2/c1-13-4-2-3-11(10-13)9-12(15)14-5-7-16-8-6-14/h11H,2-10H2,1H3. The highest BCUT2D eigenvalue weighted by Gasteiger charge is 2.23. The van der Waals surface area contributed by atoms with Gasteiger partial charge in [-0.15, -0.1) is 0 Å². The Labute approximate surface area is 97.5 Å². The molecule has 2 fully saturated rings. The molecule has 0 aliphatic carbocycles. The highest BCUT2D eigenvalue weighted by molar-refractivity contribution is 5.76. The van der Waals surface area contributed by atoms with Gasteiger partial charge in [0.05, 0.1) is 13.2 Å². The number of piperidine rings is 1. The van der Waals surface area contributed by atoms with Crippen LogP contribution in [0.1, 0.15) is 19.3 Å². The molecule has 0 aromatic heterocycles. The van der Waals surface area contributed by atoms with E-state index in [0.717, 1.165) is 26.1 Å². The fourth-order valence-electron chi connectivity index (χ4n) is 2.63. The van der Waals surface area contributed by atoms with Crippen LogP contribution in [0.25, 0.3) is 0 Å². The molecule has 4 heteroatoms. The van der Waals surface area contributed by atoms with Crippen LogP contribution in [0.3, 0.4) is 0 Å². The van der Waals surface area contributed by atoms with Crippen LogP contribution >= 0.6 is 0 Å². The smallest absolute Gasteiger partial charge is 0.223 e. The lowest BCUT2D eigenvalue weighted by molar-refractivity contribution is -0.136. The molecule has 0 aromatic carbocycles. The van der Waals surface area contributed by atoms with E-state index in [1.54, 1.807) is 0 Å². The van der Waals surface area contributed by atoms with Gasteiger partial charge in [0.25, 0.3) is 0 Å². The molecule has 0 N–H and O–H groups in total. The molecule has 2 aliphatic rings. The van der Waals surface area contributed by atoms with E-state index in [1.807, 2.05) is 4.90 Å². The molecule has 2 heterocycles. The first-order valence-corrected chi connectivity index (χ1v) is 6.30. The van der Waals surface area contributed by atoms with E-state index in [1.165, 1.54) is 19.4 Å². The van der Waals surface area contributed by atoms with Crippen molar-refractivity contribution in [1.29, 1.82) is 0 Å². The van der Waals surface area contributed by atoms with Gasteiger partial charge >= 0.3 is 0 Å². The lowest BCUT2D eigenvalue weighted by Gasteiger charge is -2.32. The summed E-state index contributed by atoms with van der Waals surface area (Å²) < 4.78 is 5.25. The van der Waals surface area contributed by atoms with Crippen molar-refractivity contribution >= 4 is 5.91 Å². The SMILES string of the molecule is CN1CCCC(CC(=O)N2CCOCC2)C1. The van der Waals surface area contributed by atoms with Crippen molar-refractivity contribution in [3.63, 3.8) is 0 Å². The molecule has 1 amide bonds. The van der Waals surface area contributed by atoms with Gasteiger partial charge in [-0.25, -0.2) is 0 Å². The van der Waals surface area contributed by atoms with Crippen molar-refractivity contribution < 1.29 is 9.53 Å². The first-order valence-electron chi connectivity index (χ1n) is 6.30. The zero-order valence-electron chi connectivity index (χ0n) is 10.2. The van der Waals surface area contributed by atoms with E-state index >= 15 is 0 Å². The van der Waals surface area contributed by atoms with Crippen LogP contribution in [0.5, 0.6) is 0 Å². The number of ether oxygens (including phenoxy) is 1. The van der Waals surface area contributed by atoms with Crippen LogP contribution in [0.4, 0.5) is 0 Å². The lowest BCUT2D eigenvalue weighted by Crippen LogP contribution is -2.42. The predicted octanol–water partition coefficient (Wildman–Crippen LogP) is 0.577. The predicted molar refractivity (Wildman–Crippen MR) is 62.2 cm³/mol. The average molecular weight is 226 g/mol. The Morgan fingerprint density at radius 1 is 1.31 bits per heavy atom. The van der Waals surface area contributed by atoms with E-state index in [0.29, 0.717) is 25.0 Å². The summed E-state index contributed by atoms with van der Waals surface area (Å²) >= 11 is 0. The molecule has 92 valence electrons. The summed E-state index contributed by atoms with van der Waals surface area (Å²) in [6.45, 7) is 5.23. The number of carbonyl (C=O) groups is 1. The molecule has 0 saturated carbocycles. The van der Waals surface area contributed by atoms with E-state index in [-0.39, 0.29) is 0 Å². The van der Waals surface area contributed by atoms with Gasteiger partial charge in [0.2, 0.25) is 5.91 Å². The summed E-state index contributed by atoms with van der Waals surface area (Å²) in [7, 11) is 2.14. The number of likely N-dealkylation sites (tertiary alicyclic amines) is 1. The van der Waals surface area contributed by atoms with Crippen LogP contribution in [0, 0.1) is 5.92 Å². The third kappa shape index (κ3) is 3.19. The summed E-state index contributed by atoms with van der Waals surface area (Å²) in [6, 6.07) is 0. The Balaban J connectivity index is 1.77. The minimum absolute atomic E-state index is 0.323. The molecule has 2 aliphatic heterocycles. The maximum atomic E-state index is 12.0. The van der Waals surface area contributed by atoms with Crippen LogP contribution in [-0.2, 0) is 9.53 Å². The second-order valence-corrected chi connectivity index (χ2v) is 4.97. The van der Waals surface area contributed by atoms with Gasteiger partial charge in [0, 0.05) is 26.1 Å². The molecule has 0 radical (unpaired) electrons. The van der Waals surface area contributed by atoms with Gasteiger partial charge in [0.1, 0.15) is 0 Å². The average Bonchev–Trinajstić information content (AvgIpc) is 2.30. The molecule has 2 saturated heterocycles. The maximum Gasteiger partial charge on any atom is 0.223 e. The second-order valence-electron chi connectivity index (χ2n) is 4.97. The molecule has 0 spiro atoms. The summed E-state index contributed by atoms with van der Waals surface area (Å²) in [5.74, 6) is 0.887. The van der Waals surface area contributed by atoms with Crippen LogP contribution in [0.15, 0.2) is 0 Å². The monoisotopic (exact) mass is 226 g/mol. The van der Waals surface area contributed by atoms with E-state index in [2.05, 4.69) is 11.9 Å². The zero-order chi connectivity index (χ0) is 11.4. The number of morpholine rings is 1. The number of amides is 1. The highest BCUT2D eigenvalue weighted by Crippen LogP contribution is 2.19. The molecule has 16 heavy (non-hydrogen) atoms. The molecule has 0 bridgehead atoms. The fraction of sp³-hybridized carbons (Fsp3) is 0.917. The first kappa shape index (κ1) is 11.9. The summed E-state index contributed by atoms with van der Waals surface area (Å²) in [5.41, 5.74) is 0. The molecular weight excluding hydrogens is 204 g/mol. The lowest BCUT2D eigenvalue weighted by atomic mass is 9.94. The van der Waals surface area contributed by atoms with Crippen LogP contribution in [0.2, 0.25) is 0 Å². The molecule has 0 aromatic rings. The maximum absolute atomic E-state index is 12.0. The second kappa shape index (κ2) is 5.64. The summed E-state index contributed by atoms with van der Waals surface area (Å²) in [6.07, 6.45) is 3.17. The van der Waals surface area contributed by atoms with E-state index < -0.39 is 0 Å². The van der Waals surface area contributed by atoms with Gasteiger partial charge in [-0.3, -0.25) is 4.79 Å². The Kier molecular flexibility index (Phi) is 4.18. The van der Waals surface area contributed by atoms with Gasteiger partial charge in [-0.2, -0.15) is 0 Å². The fourth-order valence-corrected chi connectivity index (χ4v) is 2.63. The first-order chi connectivity index (χ1) is 7.75. The van der Waals surface area contributed by atoms with Crippen molar-refractivity contribution in [3.8, 4) is 0 Å². The zero-order valence-corrected chi connectivity index (χ0v) is 10.2. The molecular formula is C12H22N2O2. The van der Waals surface area contributed by atoms with Gasteiger partial charge in [0.15, 0.2) is 0 Å². The molecule has 1 unspecified atom stereocenters. The quantitative estimate of drug-likeness (QED) is 0.690.